The standard InChI is InChI=1S/C15H22N2O4/c1-16(10-13(18)17-8-4-5-9-17)14(19)11-6-2-3-7-12(11)15(20)21/h2-3,11-12H,4-10H2,1H3,(H,20,21). The lowest BCUT2D eigenvalue weighted by Crippen LogP contribution is -2.44. The Balaban J connectivity index is 1.95. The summed E-state index contributed by atoms with van der Waals surface area (Å²) in [6, 6.07) is 0. The molecule has 21 heavy (non-hydrogen) atoms. The molecular weight excluding hydrogens is 272 g/mol. The third-order valence-electron chi connectivity index (χ3n) is 4.27. The van der Waals surface area contributed by atoms with E-state index in [1.807, 2.05) is 6.08 Å². The number of amides is 2. The average Bonchev–Trinajstić information content (AvgIpc) is 3.00. The van der Waals surface area contributed by atoms with Gasteiger partial charge in [-0.2, -0.15) is 0 Å². The second-order valence-corrected chi connectivity index (χ2v) is 5.78. The van der Waals surface area contributed by atoms with E-state index in [2.05, 4.69) is 0 Å². The van der Waals surface area contributed by atoms with Crippen LogP contribution in [0.25, 0.3) is 0 Å². The molecule has 2 amide bonds. The van der Waals surface area contributed by atoms with Crippen LogP contribution in [0, 0.1) is 11.8 Å². The van der Waals surface area contributed by atoms with Gasteiger partial charge < -0.3 is 14.9 Å². The van der Waals surface area contributed by atoms with E-state index in [4.69, 9.17) is 0 Å². The van der Waals surface area contributed by atoms with Crippen molar-refractivity contribution >= 4 is 17.8 Å². The maximum Gasteiger partial charge on any atom is 0.307 e. The number of carbonyl (C=O) groups is 3. The lowest BCUT2D eigenvalue weighted by atomic mass is 9.82. The predicted octanol–water partition coefficient (Wildman–Crippen LogP) is 0.734. The van der Waals surface area contributed by atoms with Crippen molar-refractivity contribution in [1.82, 2.24) is 9.80 Å². The van der Waals surface area contributed by atoms with Crippen LogP contribution in [-0.4, -0.2) is 59.4 Å². The van der Waals surface area contributed by atoms with E-state index >= 15 is 0 Å². The van der Waals surface area contributed by atoms with Crippen molar-refractivity contribution in [3.8, 4) is 0 Å². The number of carbonyl (C=O) groups excluding carboxylic acids is 2. The summed E-state index contributed by atoms with van der Waals surface area (Å²) in [5.74, 6) is -2.51. The van der Waals surface area contributed by atoms with Gasteiger partial charge in [0.2, 0.25) is 11.8 Å². The molecule has 1 heterocycles. The van der Waals surface area contributed by atoms with Crippen molar-refractivity contribution in [3.05, 3.63) is 12.2 Å². The van der Waals surface area contributed by atoms with Gasteiger partial charge in [-0.15, -0.1) is 0 Å². The quantitative estimate of drug-likeness (QED) is 0.776. The molecule has 1 aliphatic heterocycles. The Kier molecular flexibility index (Phi) is 4.98. The summed E-state index contributed by atoms with van der Waals surface area (Å²) in [6.07, 6.45) is 6.48. The van der Waals surface area contributed by atoms with Crippen molar-refractivity contribution in [3.63, 3.8) is 0 Å². The van der Waals surface area contributed by atoms with Crippen molar-refractivity contribution in [2.75, 3.05) is 26.7 Å². The molecule has 1 saturated heterocycles. The van der Waals surface area contributed by atoms with Crippen LogP contribution in [0.4, 0.5) is 0 Å². The SMILES string of the molecule is CN(CC(=O)N1CCCC1)C(=O)C1CC=CCC1C(=O)O. The van der Waals surface area contributed by atoms with Crippen LogP contribution in [0.3, 0.4) is 0 Å². The van der Waals surface area contributed by atoms with E-state index in [1.165, 1.54) is 4.90 Å². The molecular formula is C15H22N2O4. The summed E-state index contributed by atoms with van der Waals surface area (Å²) in [5.41, 5.74) is 0. The van der Waals surface area contributed by atoms with Crippen molar-refractivity contribution in [1.29, 1.82) is 0 Å². The van der Waals surface area contributed by atoms with Crippen LogP contribution in [0.1, 0.15) is 25.7 Å². The summed E-state index contributed by atoms with van der Waals surface area (Å²) in [5, 5.41) is 9.21. The van der Waals surface area contributed by atoms with Crippen LogP contribution in [0.5, 0.6) is 0 Å². The summed E-state index contributed by atoms with van der Waals surface area (Å²) >= 11 is 0. The maximum atomic E-state index is 12.4. The molecule has 2 unspecified atom stereocenters. The minimum atomic E-state index is -0.947. The average molecular weight is 294 g/mol. The summed E-state index contributed by atoms with van der Waals surface area (Å²) in [6.45, 7) is 1.54. The first-order valence-electron chi connectivity index (χ1n) is 7.41. The number of nitrogens with zero attached hydrogens (tertiary/aromatic N) is 2. The second kappa shape index (κ2) is 6.74. The second-order valence-electron chi connectivity index (χ2n) is 5.78. The lowest BCUT2D eigenvalue weighted by molar-refractivity contribution is -0.151. The van der Waals surface area contributed by atoms with Crippen LogP contribution >= 0.6 is 0 Å². The normalized spacial score (nSPS) is 24.9. The van der Waals surface area contributed by atoms with Crippen LogP contribution in [0.2, 0.25) is 0 Å². The number of hydrogen-bond donors (Lipinski definition) is 1. The Morgan fingerprint density at radius 1 is 1.14 bits per heavy atom. The molecule has 1 N–H and O–H groups in total. The Hall–Kier alpha value is -1.85. The number of likely N-dealkylation sites (N-methyl/N-ethyl adjacent to an activating group) is 1. The molecule has 6 nitrogen and oxygen atoms in total. The molecule has 0 spiro atoms. The zero-order valence-corrected chi connectivity index (χ0v) is 12.3. The van der Waals surface area contributed by atoms with E-state index < -0.39 is 17.8 Å². The van der Waals surface area contributed by atoms with Crippen molar-refractivity contribution in [2.45, 2.75) is 25.7 Å². The molecule has 0 radical (unpaired) electrons. The fourth-order valence-corrected chi connectivity index (χ4v) is 2.99. The van der Waals surface area contributed by atoms with Gasteiger partial charge in [0.1, 0.15) is 0 Å². The Labute approximate surface area is 124 Å². The van der Waals surface area contributed by atoms with Gasteiger partial charge in [-0.05, 0) is 25.7 Å². The zero-order chi connectivity index (χ0) is 15.4. The van der Waals surface area contributed by atoms with E-state index in [0.717, 1.165) is 25.9 Å². The third-order valence-corrected chi connectivity index (χ3v) is 4.27. The molecule has 2 atom stereocenters. The Morgan fingerprint density at radius 3 is 2.29 bits per heavy atom. The minimum Gasteiger partial charge on any atom is -0.481 e. The number of allylic oxidation sites excluding steroid dienone is 2. The molecule has 0 aromatic carbocycles. The van der Waals surface area contributed by atoms with Gasteiger partial charge in [0.25, 0.3) is 0 Å². The minimum absolute atomic E-state index is 0.0331. The monoisotopic (exact) mass is 294 g/mol. The molecule has 2 rings (SSSR count). The maximum absolute atomic E-state index is 12.4. The highest BCUT2D eigenvalue weighted by atomic mass is 16.4. The van der Waals surface area contributed by atoms with Gasteiger partial charge in [0, 0.05) is 20.1 Å². The fourth-order valence-electron chi connectivity index (χ4n) is 2.99. The highest BCUT2D eigenvalue weighted by molar-refractivity contribution is 5.88. The van der Waals surface area contributed by atoms with Crippen LogP contribution < -0.4 is 0 Å². The Morgan fingerprint density at radius 2 is 1.71 bits per heavy atom. The summed E-state index contributed by atoms with van der Waals surface area (Å²) < 4.78 is 0. The largest absolute Gasteiger partial charge is 0.481 e. The van der Waals surface area contributed by atoms with Crippen molar-refractivity contribution < 1.29 is 19.5 Å². The lowest BCUT2D eigenvalue weighted by Gasteiger charge is -2.29. The Bertz CT molecular complexity index is 455. The first-order valence-corrected chi connectivity index (χ1v) is 7.41. The van der Waals surface area contributed by atoms with Crippen LogP contribution in [0.15, 0.2) is 12.2 Å². The molecule has 0 aromatic heterocycles. The molecule has 0 saturated carbocycles. The summed E-state index contributed by atoms with van der Waals surface area (Å²) in [4.78, 5) is 38.9. The molecule has 0 aromatic rings. The van der Waals surface area contributed by atoms with Gasteiger partial charge in [0.15, 0.2) is 0 Å². The van der Waals surface area contributed by atoms with Gasteiger partial charge in [-0.1, -0.05) is 12.2 Å². The molecule has 0 bridgehead atoms. The number of carboxylic acids is 1. The number of rotatable bonds is 4. The van der Waals surface area contributed by atoms with Crippen LogP contribution in [-0.2, 0) is 14.4 Å². The molecule has 1 fully saturated rings. The first-order chi connectivity index (χ1) is 10.0. The topological polar surface area (TPSA) is 77.9 Å². The number of likely N-dealkylation sites (tertiary alicyclic amines) is 1. The van der Waals surface area contributed by atoms with Crippen molar-refractivity contribution in [2.24, 2.45) is 11.8 Å². The zero-order valence-electron chi connectivity index (χ0n) is 12.3. The third kappa shape index (κ3) is 3.62. The van der Waals surface area contributed by atoms with E-state index in [1.54, 1.807) is 18.0 Å². The van der Waals surface area contributed by atoms with E-state index in [9.17, 15) is 19.5 Å². The smallest absolute Gasteiger partial charge is 0.307 e. The molecule has 116 valence electrons. The van der Waals surface area contributed by atoms with Gasteiger partial charge in [-0.3, -0.25) is 14.4 Å². The van der Waals surface area contributed by atoms with E-state index in [-0.39, 0.29) is 18.4 Å². The highest BCUT2D eigenvalue weighted by Crippen LogP contribution is 2.27. The van der Waals surface area contributed by atoms with Gasteiger partial charge in [0.05, 0.1) is 18.4 Å². The summed E-state index contributed by atoms with van der Waals surface area (Å²) in [7, 11) is 1.58. The highest BCUT2D eigenvalue weighted by Gasteiger charge is 2.36. The van der Waals surface area contributed by atoms with E-state index in [0.29, 0.717) is 12.8 Å². The molecule has 1 aliphatic carbocycles. The molecule has 2 aliphatic rings. The number of carboxylic acid groups (broad SMARTS) is 1. The number of hydrogen-bond acceptors (Lipinski definition) is 3. The predicted molar refractivity (Wildman–Crippen MR) is 76.4 cm³/mol. The molecule has 6 heteroatoms. The number of aliphatic carboxylic acids is 1. The van der Waals surface area contributed by atoms with Gasteiger partial charge in [-0.25, -0.2) is 0 Å². The van der Waals surface area contributed by atoms with Gasteiger partial charge >= 0.3 is 5.97 Å². The fraction of sp³-hybridized carbons (Fsp3) is 0.667. The first kappa shape index (κ1) is 15.5.